The highest BCUT2D eigenvalue weighted by Gasteiger charge is 2.30. The van der Waals surface area contributed by atoms with Crippen LogP contribution in [0.25, 0.3) is 0 Å². The van der Waals surface area contributed by atoms with Gasteiger partial charge in [0.1, 0.15) is 16.8 Å². The molecule has 22 heavy (non-hydrogen) atoms. The monoisotopic (exact) mass is 321 g/mol. The summed E-state index contributed by atoms with van der Waals surface area (Å²) >= 11 is 1.48. The molecule has 118 valence electrons. The van der Waals surface area contributed by atoms with Gasteiger partial charge < -0.3 is 9.64 Å². The first-order valence-corrected chi connectivity index (χ1v) is 8.16. The summed E-state index contributed by atoms with van der Waals surface area (Å²) in [5.41, 5.74) is 0.809. The third-order valence-corrected chi connectivity index (χ3v) is 4.88. The van der Waals surface area contributed by atoms with E-state index in [1.54, 1.807) is 4.90 Å². The Hall–Kier alpha value is -1.80. The molecule has 3 heterocycles. The highest BCUT2D eigenvalue weighted by atomic mass is 32.1. The third kappa shape index (κ3) is 2.89. The number of hydrogen-bond acceptors (Lipinski definition) is 6. The normalized spacial score (nSPS) is 18.7. The Morgan fingerprint density at radius 3 is 2.91 bits per heavy atom. The summed E-state index contributed by atoms with van der Waals surface area (Å²) in [6.45, 7) is 7.31. The number of aryl methyl sites for hydroxylation is 3. The second-order valence-corrected chi connectivity index (χ2v) is 6.35. The van der Waals surface area contributed by atoms with Gasteiger partial charge in [-0.1, -0.05) is 6.92 Å². The summed E-state index contributed by atoms with van der Waals surface area (Å²) in [7, 11) is 0. The predicted octanol–water partition coefficient (Wildman–Crippen LogP) is 1.65. The van der Waals surface area contributed by atoms with Gasteiger partial charge in [0.2, 0.25) is 0 Å². The lowest BCUT2D eigenvalue weighted by atomic mass is 10.2. The minimum atomic E-state index is -0.276. The number of carbonyl (C=O) groups excluding carboxylic acids is 1. The van der Waals surface area contributed by atoms with Crippen molar-refractivity contribution in [1.82, 2.24) is 25.1 Å². The van der Waals surface area contributed by atoms with Crippen LogP contribution in [0.2, 0.25) is 0 Å². The molecule has 2 aromatic rings. The second kappa shape index (κ2) is 6.13. The van der Waals surface area contributed by atoms with Gasteiger partial charge in [-0.2, -0.15) is 5.10 Å². The lowest BCUT2D eigenvalue weighted by molar-refractivity contribution is -0.0265. The van der Waals surface area contributed by atoms with Crippen molar-refractivity contribution in [2.75, 3.05) is 19.7 Å². The number of amides is 1. The highest BCUT2D eigenvalue weighted by Crippen LogP contribution is 2.24. The van der Waals surface area contributed by atoms with Crippen molar-refractivity contribution in [2.24, 2.45) is 0 Å². The Kier molecular flexibility index (Phi) is 4.21. The van der Waals surface area contributed by atoms with Gasteiger partial charge in [0.05, 0.1) is 23.9 Å². The molecule has 1 N–H and O–H groups in total. The van der Waals surface area contributed by atoms with Gasteiger partial charge in [-0.3, -0.25) is 9.89 Å². The number of aromatic nitrogens is 4. The molecular formula is C14H19N5O2S. The zero-order chi connectivity index (χ0) is 15.7. The van der Waals surface area contributed by atoms with E-state index in [-0.39, 0.29) is 12.0 Å². The zero-order valence-electron chi connectivity index (χ0n) is 12.9. The average Bonchev–Trinajstić information content (AvgIpc) is 3.12. The summed E-state index contributed by atoms with van der Waals surface area (Å²) in [5, 5.41) is 7.94. The van der Waals surface area contributed by atoms with Crippen LogP contribution in [0, 0.1) is 13.8 Å². The third-order valence-electron chi connectivity index (χ3n) is 3.59. The maximum absolute atomic E-state index is 12.7. The van der Waals surface area contributed by atoms with Gasteiger partial charge in [-0.25, -0.2) is 9.97 Å². The Bertz CT molecular complexity index is 681. The number of rotatable bonds is 3. The van der Waals surface area contributed by atoms with Crippen LogP contribution in [0.4, 0.5) is 0 Å². The summed E-state index contributed by atoms with van der Waals surface area (Å²) in [5.74, 6) is 1.37. The van der Waals surface area contributed by atoms with Crippen LogP contribution in [0.15, 0.2) is 0 Å². The molecule has 7 nitrogen and oxygen atoms in total. The number of nitrogens with zero attached hydrogens (tertiary/aromatic N) is 4. The van der Waals surface area contributed by atoms with Crippen molar-refractivity contribution in [3.05, 3.63) is 27.2 Å². The van der Waals surface area contributed by atoms with E-state index in [4.69, 9.17) is 4.74 Å². The lowest BCUT2D eigenvalue weighted by Gasteiger charge is -2.31. The predicted molar refractivity (Wildman–Crippen MR) is 81.9 cm³/mol. The molecule has 1 aliphatic heterocycles. The van der Waals surface area contributed by atoms with E-state index in [1.165, 1.54) is 11.3 Å². The Morgan fingerprint density at radius 2 is 2.27 bits per heavy atom. The van der Waals surface area contributed by atoms with E-state index in [2.05, 4.69) is 20.2 Å². The maximum Gasteiger partial charge on any atom is 0.266 e. The molecule has 1 fully saturated rings. The molecule has 0 spiro atoms. The van der Waals surface area contributed by atoms with Gasteiger partial charge in [0.25, 0.3) is 5.91 Å². The topological polar surface area (TPSA) is 84.0 Å². The number of hydrogen-bond donors (Lipinski definition) is 1. The minimum absolute atomic E-state index is 0.0234. The molecule has 1 saturated heterocycles. The average molecular weight is 321 g/mol. The van der Waals surface area contributed by atoms with Crippen molar-refractivity contribution in [3.8, 4) is 0 Å². The summed E-state index contributed by atoms with van der Waals surface area (Å²) in [6, 6.07) is 0. The number of aromatic amines is 1. The quantitative estimate of drug-likeness (QED) is 0.929. The number of H-pyrrole nitrogens is 1. The molecule has 8 heteroatoms. The first kappa shape index (κ1) is 15.1. The van der Waals surface area contributed by atoms with Gasteiger partial charge >= 0.3 is 0 Å². The van der Waals surface area contributed by atoms with Crippen LogP contribution in [0.3, 0.4) is 0 Å². The number of ether oxygens (including phenoxy) is 1. The van der Waals surface area contributed by atoms with E-state index in [0.717, 1.165) is 27.8 Å². The van der Waals surface area contributed by atoms with Gasteiger partial charge in [-0.05, 0) is 20.3 Å². The van der Waals surface area contributed by atoms with E-state index in [1.807, 2.05) is 20.8 Å². The van der Waals surface area contributed by atoms with Crippen LogP contribution in [-0.4, -0.2) is 50.7 Å². The van der Waals surface area contributed by atoms with Gasteiger partial charge in [-0.15, -0.1) is 11.3 Å². The number of carbonyl (C=O) groups is 1. The second-order valence-electron chi connectivity index (χ2n) is 5.27. The fraction of sp³-hybridized carbons (Fsp3) is 0.571. The maximum atomic E-state index is 12.7. The minimum Gasteiger partial charge on any atom is -0.366 e. The molecule has 1 aliphatic rings. The molecule has 0 aliphatic carbocycles. The molecule has 0 bridgehead atoms. The molecule has 1 amide bonds. The van der Waals surface area contributed by atoms with E-state index >= 15 is 0 Å². The number of nitrogens with one attached hydrogen (secondary N) is 1. The van der Waals surface area contributed by atoms with Crippen molar-refractivity contribution < 1.29 is 9.53 Å². The van der Waals surface area contributed by atoms with Crippen LogP contribution in [0.1, 0.15) is 45.0 Å². The summed E-state index contributed by atoms with van der Waals surface area (Å²) < 4.78 is 5.70. The van der Waals surface area contributed by atoms with E-state index < -0.39 is 0 Å². The summed E-state index contributed by atoms with van der Waals surface area (Å²) in [6.07, 6.45) is 0.572. The van der Waals surface area contributed by atoms with Crippen molar-refractivity contribution in [2.45, 2.75) is 33.3 Å². The largest absolute Gasteiger partial charge is 0.366 e. The standard InChI is InChI=1S/C14H19N5O2S/c1-4-11-15-8(2)12(22-11)14(20)19-5-6-21-10(7-19)13-16-9(3)17-18-13/h10H,4-7H2,1-3H3,(H,16,17,18). The van der Waals surface area contributed by atoms with Crippen molar-refractivity contribution in [1.29, 1.82) is 0 Å². The fourth-order valence-electron chi connectivity index (χ4n) is 2.44. The van der Waals surface area contributed by atoms with Crippen LogP contribution < -0.4 is 0 Å². The number of morpholine rings is 1. The molecule has 3 rings (SSSR count). The van der Waals surface area contributed by atoms with E-state index in [0.29, 0.717) is 25.5 Å². The van der Waals surface area contributed by atoms with Gasteiger partial charge in [0, 0.05) is 6.54 Å². The van der Waals surface area contributed by atoms with E-state index in [9.17, 15) is 4.79 Å². The molecule has 0 saturated carbocycles. The molecule has 2 aromatic heterocycles. The SMILES string of the molecule is CCc1nc(C)c(C(=O)N2CCOC(c3n[nH]c(C)n3)C2)s1. The van der Waals surface area contributed by atoms with Crippen LogP contribution >= 0.6 is 11.3 Å². The zero-order valence-corrected chi connectivity index (χ0v) is 13.7. The number of thiazole rings is 1. The van der Waals surface area contributed by atoms with Crippen molar-refractivity contribution in [3.63, 3.8) is 0 Å². The molecule has 1 unspecified atom stereocenters. The Morgan fingerprint density at radius 1 is 1.45 bits per heavy atom. The van der Waals surface area contributed by atoms with Crippen molar-refractivity contribution >= 4 is 17.2 Å². The lowest BCUT2D eigenvalue weighted by Crippen LogP contribution is -2.42. The smallest absolute Gasteiger partial charge is 0.266 e. The van der Waals surface area contributed by atoms with Gasteiger partial charge in [0.15, 0.2) is 5.82 Å². The Labute approximate surface area is 132 Å². The first-order chi connectivity index (χ1) is 10.6. The first-order valence-electron chi connectivity index (χ1n) is 7.34. The summed E-state index contributed by atoms with van der Waals surface area (Å²) in [4.78, 5) is 24.0. The van der Waals surface area contributed by atoms with Crippen LogP contribution in [-0.2, 0) is 11.2 Å². The molecule has 0 aromatic carbocycles. The molecule has 1 atom stereocenters. The molecule has 0 radical (unpaired) electrons. The van der Waals surface area contributed by atoms with Crippen LogP contribution in [0.5, 0.6) is 0 Å². The molecular weight excluding hydrogens is 302 g/mol. The Balaban J connectivity index is 1.76. The highest BCUT2D eigenvalue weighted by molar-refractivity contribution is 7.13. The fourth-order valence-corrected chi connectivity index (χ4v) is 3.41.